The lowest BCUT2D eigenvalue weighted by Crippen LogP contribution is -1.98. The largest absolute Gasteiger partial charge is 0.388 e. The smallest absolute Gasteiger partial charge is 0.0896 e. The van der Waals surface area contributed by atoms with Crippen LogP contribution < -0.4 is 0 Å². The minimum absolute atomic E-state index is 0.394. The molecule has 1 N–H and O–H groups in total. The first-order chi connectivity index (χ1) is 7.77. The lowest BCUT2D eigenvalue weighted by Gasteiger charge is -2.09. The van der Waals surface area contributed by atoms with Gasteiger partial charge >= 0.3 is 0 Å². The summed E-state index contributed by atoms with van der Waals surface area (Å²) in [5.74, 6) is 0. The van der Waals surface area contributed by atoms with E-state index in [1.165, 1.54) is 0 Å². The van der Waals surface area contributed by atoms with Crippen molar-refractivity contribution in [3.05, 3.63) is 50.9 Å². The molecule has 0 amide bonds. The number of rotatable bonds is 4. The van der Waals surface area contributed by atoms with Crippen molar-refractivity contribution in [2.45, 2.75) is 18.9 Å². The van der Waals surface area contributed by atoms with Crippen LogP contribution in [-0.4, -0.2) is 10.1 Å². The Morgan fingerprint density at radius 2 is 2.31 bits per heavy atom. The SMILES string of the molecule is OC(CCc1cccnc1)c1sccc1Br. The summed E-state index contributed by atoms with van der Waals surface area (Å²) in [6.07, 6.45) is 4.78. The van der Waals surface area contributed by atoms with E-state index >= 15 is 0 Å². The lowest BCUT2D eigenvalue weighted by molar-refractivity contribution is 0.171. The predicted molar refractivity (Wildman–Crippen MR) is 69.5 cm³/mol. The highest BCUT2D eigenvalue weighted by atomic mass is 79.9. The van der Waals surface area contributed by atoms with Gasteiger partial charge in [0, 0.05) is 21.7 Å². The Labute approximate surface area is 107 Å². The van der Waals surface area contributed by atoms with Crippen molar-refractivity contribution in [2.75, 3.05) is 0 Å². The van der Waals surface area contributed by atoms with Gasteiger partial charge in [0.1, 0.15) is 0 Å². The Balaban J connectivity index is 1.94. The van der Waals surface area contributed by atoms with Gasteiger partial charge in [-0.2, -0.15) is 0 Å². The van der Waals surface area contributed by atoms with Crippen LogP contribution in [0, 0.1) is 0 Å². The van der Waals surface area contributed by atoms with Crippen molar-refractivity contribution in [1.82, 2.24) is 4.98 Å². The average molecular weight is 298 g/mol. The number of pyridine rings is 1. The standard InChI is InChI=1S/C12H12BrNOS/c13-10-5-7-16-12(10)11(15)4-3-9-2-1-6-14-8-9/h1-2,5-8,11,15H,3-4H2. The minimum Gasteiger partial charge on any atom is -0.388 e. The van der Waals surface area contributed by atoms with Crippen LogP contribution in [0.4, 0.5) is 0 Å². The maximum Gasteiger partial charge on any atom is 0.0896 e. The molecule has 0 saturated heterocycles. The summed E-state index contributed by atoms with van der Waals surface area (Å²) in [5.41, 5.74) is 1.16. The van der Waals surface area contributed by atoms with Gasteiger partial charge in [0.05, 0.1) is 6.10 Å². The van der Waals surface area contributed by atoms with Crippen LogP contribution in [0.3, 0.4) is 0 Å². The third-order valence-electron chi connectivity index (χ3n) is 2.38. The Bertz CT molecular complexity index is 443. The zero-order valence-corrected chi connectivity index (χ0v) is 11.0. The van der Waals surface area contributed by atoms with Crippen LogP contribution >= 0.6 is 27.3 Å². The fourth-order valence-electron chi connectivity index (χ4n) is 1.52. The number of aryl methyl sites for hydroxylation is 1. The van der Waals surface area contributed by atoms with Crippen molar-refractivity contribution in [2.24, 2.45) is 0 Å². The number of aromatic nitrogens is 1. The molecule has 0 aromatic carbocycles. The molecule has 2 heterocycles. The summed E-state index contributed by atoms with van der Waals surface area (Å²) < 4.78 is 0.996. The van der Waals surface area contributed by atoms with E-state index in [9.17, 15) is 5.11 Å². The van der Waals surface area contributed by atoms with Gasteiger partial charge < -0.3 is 5.11 Å². The topological polar surface area (TPSA) is 33.1 Å². The zero-order chi connectivity index (χ0) is 11.4. The molecule has 1 atom stereocenters. The molecule has 0 aliphatic carbocycles. The Morgan fingerprint density at radius 3 is 2.94 bits per heavy atom. The summed E-state index contributed by atoms with van der Waals surface area (Å²) in [6.45, 7) is 0. The molecular weight excluding hydrogens is 286 g/mol. The van der Waals surface area contributed by atoms with Gasteiger partial charge in [-0.1, -0.05) is 6.07 Å². The van der Waals surface area contributed by atoms with Gasteiger partial charge in [-0.25, -0.2) is 0 Å². The van der Waals surface area contributed by atoms with Crippen molar-refractivity contribution in [3.8, 4) is 0 Å². The van der Waals surface area contributed by atoms with Gasteiger partial charge in [-0.05, 0) is 51.8 Å². The predicted octanol–water partition coefficient (Wildman–Crippen LogP) is 3.57. The Morgan fingerprint density at radius 1 is 1.44 bits per heavy atom. The highest BCUT2D eigenvalue weighted by Gasteiger charge is 2.12. The molecular formula is C12H12BrNOS. The molecule has 0 fully saturated rings. The summed E-state index contributed by atoms with van der Waals surface area (Å²) in [4.78, 5) is 5.06. The molecule has 0 aliphatic heterocycles. The molecule has 1 unspecified atom stereocenters. The molecule has 0 spiro atoms. The normalized spacial score (nSPS) is 12.6. The molecule has 84 valence electrons. The number of aliphatic hydroxyl groups is 1. The fourth-order valence-corrected chi connectivity index (χ4v) is 3.18. The van der Waals surface area contributed by atoms with Gasteiger partial charge in [-0.3, -0.25) is 4.98 Å². The monoisotopic (exact) mass is 297 g/mol. The minimum atomic E-state index is -0.394. The highest BCUT2D eigenvalue weighted by molar-refractivity contribution is 9.10. The third kappa shape index (κ3) is 2.90. The quantitative estimate of drug-likeness (QED) is 0.936. The van der Waals surface area contributed by atoms with E-state index in [0.717, 1.165) is 27.8 Å². The summed E-state index contributed by atoms with van der Waals surface area (Å²) in [5, 5.41) is 12.0. The number of hydrogen-bond acceptors (Lipinski definition) is 3. The highest BCUT2D eigenvalue weighted by Crippen LogP contribution is 2.31. The van der Waals surface area contributed by atoms with Crippen molar-refractivity contribution >= 4 is 27.3 Å². The molecule has 16 heavy (non-hydrogen) atoms. The first-order valence-electron chi connectivity index (χ1n) is 5.07. The van der Waals surface area contributed by atoms with E-state index in [1.807, 2.05) is 29.8 Å². The molecule has 4 heteroatoms. The van der Waals surface area contributed by atoms with E-state index in [2.05, 4.69) is 20.9 Å². The van der Waals surface area contributed by atoms with Crippen molar-refractivity contribution in [1.29, 1.82) is 0 Å². The van der Waals surface area contributed by atoms with Crippen LogP contribution in [0.15, 0.2) is 40.4 Å². The van der Waals surface area contributed by atoms with E-state index in [-0.39, 0.29) is 0 Å². The number of thiophene rings is 1. The fraction of sp³-hybridized carbons (Fsp3) is 0.250. The summed E-state index contributed by atoms with van der Waals surface area (Å²) in [6, 6.07) is 5.92. The van der Waals surface area contributed by atoms with Crippen LogP contribution in [0.25, 0.3) is 0 Å². The molecule has 0 aliphatic rings. The molecule has 2 nitrogen and oxygen atoms in total. The molecule has 2 aromatic rings. The van der Waals surface area contributed by atoms with E-state index in [1.54, 1.807) is 17.5 Å². The van der Waals surface area contributed by atoms with Gasteiger partial charge in [0.15, 0.2) is 0 Å². The first-order valence-corrected chi connectivity index (χ1v) is 6.74. The molecule has 0 saturated carbocycles. The van der Waals surface area contributed by atoms with Crippen molar-refractivity contribution in [3.63, 3.8) is 0 Å². The van der Waals surface area contributed by atoms with E-state index in [4.69, 9.17) is 0 Å². The van der Waals surface area contributed by atoms with E-state index < -0.39 is 6.10 Å². The van der Waals surface area contributed by atoms with Gasteiger partial charge in [0.25, 0.3) is 0 Å². The maximum absolute atomic E-state index is 10.0. The third-order valence-corrected chi connectivity index (χ3v) is 4.35. The van der Waals surface area contributed by atoms with Crippen LogP contribution in [-0.2, 0) is 6.42 Å². The number of hydrogen-bond donors (Lipinski definition) is 1. The molecule has 2 rings (SSSR count). The van der Waals surface area contributed by atoms with Gasteiger partial charge in [0.2, 0.25) is 0 Å². The van der Waals surface area contributed by atoms with Crippen molar-refractivity contribution < 1.29 is 5.11 Å². The number of halogens is 1. The maximum atomic E-state index is 10.0. The Hall–Kier alpha value is -0.710. The second kappa shape index (κ2) is 5.57. The summed E-state index contributed by atoms with van der Waals surface area (Å²) in [7, 11) is 0. The van der Waals surface area contributed by atoms with Crippen LogP contribution in [0.5, 0.6) is 0 Å². The number of aliphatic hydroxyl groups excluding tert-OH is 1. The van der Waals surface area contributed by atoms with Crippen LogP contribution in [0.1, 0.15) is 23.0 Å². The van der Waals surface area contributed by atoms with Gasteiger partial charge in [-0.15, -0.1) is 11.3 Å². The first kappa shape index (κ1) is 11.8. The average Bonchev–Trinajstić information content (AvgIpc) is 2.74. The molecule has 0 bridgehead atoms. The molecule has 2 aromatic heterocycles. The zero-order valence-electron chi connectivity index (χ0n) is 8.64. The Kier molecular flexibility index (Phi) is 4.09. The molecule has 0 radical (unpaired) electrons. The second-order valence-electron chi connectivity index (χ2n) is 3.55. The second-order valence-corrected chi connectivity index (χ2v) is 5.35. The van der Waals surface area contributed by atoms with Crippen LogP contribution in [0.2, 0.25) is 0 Å². The lowest BCUT2D eigenvalue weighted by atomic mass is 10.1. The van der Waals surface area contributed by atoms with E-state index in [0.29, 0.717) is 0 Å². The number of nitrogens with zero attached hydrogens (tertiary/aromatic N) is 1. The summed E-state index contributed by atoms with van der Waals surface area (Å²) >= 11 is 5.01.